The van der Waals surface area contributed by atoms with E-state index in [0.29, 0.717) is 5.75 Å². The van der Waals surface area contributed by atoms with Gasteiger partial charge in [-0.2, -0.15) is 0 Å². The summed E-state index contributed by atoms with van der Waals surface area (Å²) in [4.78, 5) is 12.5. The Bertz CT molecular complexity index is 636. The number of nitrogens with one attached hydrogen (secondary N) is 1. The van der Waals surface area contributed by atoms with E-state index >= 15 is 0 Å². The monoisotopic (exact) mass is 305 g/mol. The van der Waals surface area contributed by atoms with Gasteiger partial charge in [-0.15, -0.1) is 11.3 Å². The van der Waals surface area contributed by atoms with Gasteiger partial charge < -0.3 is 15.2 Å². The van der Waals surface area contributed by atoms with Crippen LogP contribution in [0.2, 0.25) is 0 Å². The molecule has 21 heavy (non-hydrogen) atoms. The summed E-state index contributed by atoms with van der Waals surface area (Å²) in [5.74, 6) is -0.595. The quantitative estimate of drug-likeness (QED) is 0.856. The number of rotatable bonds is 6. The Morgan fingerprint density at radius 2 is 2.19 bits per heavy atom. The molecule has 0 saturated heterocycles. The number of aryl methyl sites for hydroxylation is 1. The second-order valence-corrected chi connectivity index (χ2v) is 5.89. The Kier molecular flexibility index (Phi) is 4.98. The van der Waals surface area contributed by atoms with Crippen molar-refractivity contribution in [2.75, 3.05) is 7.11 Å². The molecule has 0 bridgehead atoms. The van der Waals surface area contributed by atoms with Gasteiger partial charge in [0, 0.05) is 17.5 Å². The van der Waals surface area contributed by atoms with E-state index in [1.54, 1.807) is 23.5 Å². The van der Waals surface area contributed by atoms with E-state index in [0.717, 1.165) is 12.1 Å². The van der Waals surface area contributed by atoms with Crippen LogP contribution in [0.3, 0.4) is 0 Å². The molecule has 0 radical (unpaired) electrons. The first-order valence-corrected chi connectivity index (χ1v) is 7.58. The van der Waals surface area contributed by atoms with Gasteiger partial charge in [0.25, 0.3) is 0 Å². The molecule has 1 aromatic carbocycles. The fraction of sp³-hybridized carbons (Fsp3) is 0.312. The highest BCUT2D eigenvalue weighted by molar-refractivity contribution is 7.10. The van der Waals surface area contributed by atoms with Crippen molar-refractivity contribution in [3.63, 3.8) is 0 Å². The molecule has 0 saturated carbocycles. The van der Waals surface area contributed by atoms with Crippen molar-refractivity contribution in [3.05, 3.63) is 51.2 Å². The predicted molar refractivity (Wildman–Crippen MR) is 84.3 cm³/mol. The maximum atomic E-state index is 11.2. The molecular weight excluding hydrogens is 286 g/mol. The van der Waals surface area contributed by atoms with E-state index < -0.39 is 5.97 Å². The lowest BCUT2D eigenvalue weighted by atomic mass is 10.0. The van der Waals surface area contributed by atoms with Crippen LogP contribution in [-0.4, -0.2) is 18.2 Å². The van der Waals surface area contributed by atoms with Crippen LogP contribution in [0.4, 0.5) is 0 Å². The van der Waals surface area contributed by atoms with Crippen molar-refractivity contribution >= 4 is 17.3 Å². The van der Waals surface area contributed by atoms with E-state index in [-0.39, 0.29) is 11.6 Å². The second kappa shape index (κ2) is 6.74. The number of thiophene rings is 1. The number of benzene rings is 1. The molecule has 0 aliphatic rings. The minimum Gasteiger partial charge on any atom is -0.496 e. The summed E-state index contributed by atoms with van der Waals surface area (Å²) in [5, 5.41) is 14.7. The Balaban J connectivity index is 2.12. The minimum absolute atomic E-state index is 0.0653. The van der Waals surface area contributed by atoms with E-state index in [9.17, 15) is 9.90 Å². The molecule has 5 heteroatoms. The van der Waals surface area contributed by atoms with Gasteiger partial charge in [0.15, 0.2) is 0 Å². The zero-order valence-electron chi connectivity index (χ0n) is 12.3. The van der Waals surface area contributed by atoms with Gasteiger partial charge in [0.1, 0.15) is 11.3 Å². The van der Waals surface area contributed by atoms with Crippen molar-refractivity contribution in [1.82, 2.24) is 5.32 Å². The predicted octanol–water partition coefficient (Wildman–Crippen LogP) is 3.61. The van der Waals surface area contributed by atoms with Crippen LogP contribution in [0, 0.1) is 6.92 Å². The van der Waals surface area contributed by atoms with Gasteiger partial charge in [-0.3, -0.25) is 0 Å². The van der Waals surface area contributed by atoms with Gasteiger partial charge >= 0.3 is 5.97 Å². The molecule has 0 unspecified atom stereocenters. The third-order valence-electron chi connectivity index (χ3n) is 3.49. The first kappa shape index (κ1) is 15.5. The lowest BCUT2D eigenvalue weighted by molar-refractivity contribution is 0.0693. The molecule has 0 fully saturated rings. The fourth-order valence-electron chi connectivity index (χ4n) is 2.11. The largest absolute Gasteiger partial charge is 0.496 e. The summed E-state index contributed by atoms with van der Waals surface area (Å²) >= 11 is 1.72. The fourth-order valence-corrected chi connectivity index (χ4v) is 2.97. The SMILES string of the molecule is COc1ccc([C@H](C)NCc2sccc2C)cc1C(=O)O. The number of carboxylic acid groups (broad SMARTS) is 1. The van der Waals surface area contributed by atoms with Crippen LogP contribution >= 0.6 is 11.3 Å². The van der Waals surface area contributed by atoms with Crippen LogP contribution < -0.4 is 10.1 Å². The molecule has 2 rings (SSSR count). The molecule has 0 amide bonds. The van der Waals surface area contributed by atoms with Crippen LogP contribution in [0.5, 0.6) is 5.75 Å². The molecule has 0 aliphatic heterocycles. The average Bonchev–Trinajstić information content (AvgIpc) is 2.89. The van der Waals surface area contributed by atoms with Crippen molar-refractivity contribution < 1.29 is 14.6 Å². The maximum Gasteiger partial charge on any atom is 0.339 e. The number of methoxy groups -OCH3 is 1. The lowest BCUT2D eigenvalue weighted by Crippen LogP contribution is -2.18. The Morgan fingerprint density at radius 3 is 2.76 bits per heavy atom. The van der Waals surface area contributed by atoms with Crippen molar-refractivity contribution in [3.8, 4) is 5.75 Å². The lowest BCUT2D eigenvalue weighted by Gasteiger charge is -2.16. The summed E-state index contributed by atoms with van der Waals surface area (Å²) in [7, 11) is 1.47. The number of carboxylic acids is 1. The van der Waals surface area contributed by atoms with Gasteiger partial charge in [-0.1, -0.05) is 6.07 Å². The van der Waals surface area contributed by atoms with E-state index in [2.05, 4.69) is 23.7 Å². The van der Waals surface area contributed by atoms with Crippen molar-refractivity contribution in [1.29, 1.82) is 0 Å². The van der Waals surface area contributed by atoms with Gasteiger partial charge in [-0.05, 0) is 48.6 Å². The molecule has 1 aromatic heterocycles. The molecule has 1 atom stereocenters. The highest BCUT2D eigenvalue weighted by atomic mass is 32.1. The van der Waals surface area contributed by atoms with Crippen LogP contribution in [-0.2, 0) is 6.54 Å². The first-order valence-electron chi connectivity index (χ1n) is 6.70. The van der Waals surface area contributed by atoms with Crippen LogP contribution in [0.25, 0.3) is 0 Å². The highest BCUT2D eigenvalue weighted by Crippen LogP contribution is 2.24. The first-order chi connectivity index (χ1) is 10.0. The Morgan fingerprint density at radius 1 is 1.43 bits per heavy atom. The summed E-state index contributed by atoms with van der Waals surface area (Å²) in [6, 6.07) is 7.43. The van der Waals surface area contributed by atoms with Crippen LogP contribution in [0.1, 0.15) is 39.3 Å². The Labute approximate surface area is 128 Å². The molecule has 2 aromatic rings. The molecule has 0 spiro atoms. The molecule has 1 heterocycles. The standard InChI is InChI=1S/C16H19NO3S/c1-10-6-7-21-15(10)9-17-11(2)12-4-5-14(20-3)13(8-12)16(18)19/h4-8,11,17H,9H2,1-3H3,(H,18,19)/t11-/m0/s1. The van der Waals surface area contributed by atoms with Crippen molar-refractivity contribution in [2.24, 2.45) is 0 Å². The number of ether oxygens (including phenoxy) is 1. The van der Waals surface area contributed by atoms with E-state index in [1.165, 1.54) is 17.6 Å². The van der Waals surface area contributed by atoms with Crippen LogP contribution in [0.15, 0.2) is 29.6 Å². The smallest absolute Gasteiger partial charge is 0.339 e. The second-order valence-electron chi connectivity index (χ2n) is 4.89. The normalized spacial score (nSPS) is 12.1. The molecular formula is C16H19NO3S. The van der Waals surface area contributed by atoms with E-state index in [1.807, 2.05) is 13.0 Å². The van der Waals surface area contributed by atoms with Crippen molar-refractivity contribution in [2.45, 2.75) is 26.4 Å². The van der Waals surface area contributed by atoms with Gasteiger partial charge in [0.05, 0.1) is 7.11 Å². The summed E-state index contributed by atoms with van der Waals surface area (Å²) in [5.41, 5.74) is 2.40. The summed E-state index contributed by atoms with van der Waals surface area (Å²) in [6.45, 7) is 4.89. The average molecular weight is 305 g/mol. The van der Waals surface area contributed by atoms with Gasteiger partial charge in [-0.25, -0.2) is 4.79 Å². The molecule has 0 aliphatic carbocycles. The van der Waals surface area contributed by atoms with Gasteiger partial charge in [0.2, 0.25) is 0 Å². The highest BCUT2D eigenvalue weighted by Gasteiger charge is 2.14. The molecule has 2 N–H and O–H groups in total. The van der Waals surface area contributed by atoms with E-state index in [4.69, 9.17) is 4.74 Å². The molecule has 4 nitrogen and oxygen atoms in total. The summed E-state index contributed by atoms with van der Waals surface area (Å²) < 4.78 is 5.08. The number of aromatic carboxylic acids is 1. The zero-order valence-corrected chi connectivity index (χ0v) is 13.2. The summed E-state index contributed by atoms with van der Waals surface area (Å²) in [6.07, 6.45) is 0. The topological polar surface area (TPSA) is 58.6 Å². The zero-order chi connectivity index (χ0) is 15.4. The number of hydrogen-bond acceptors (Lipinski definition) is 4. The third kappa shape index (κ3) is 3.62. The maximum absolute atomic E-state index is 11.2. The molecule has 112 valence electrons. The number of carbonyl (C=O) groups is 1. The Hall–Kier alpha value is -1.85. The minimum atomic E-state index is -0.977. The third-order valence-corrected chi connectivity index (χ3v) is 4.51. The number of hydrogen-bond donors (Lipinski definition) is 2.